The van der Waals surface area contributed by atoms with Crippen molar-refractivity contribution in [3.63, 3.8) is 0 Å². The Bertz CT molecular complexity index is 2660. The van der Waals surface area contributed by atoms with Gasteiger partial charge in [-0.2, -0.15) is 0 Å². The highest BCUT2D eigenvalue weighted by molar-refractivity contribution is 7.21. The van der Waals surface area contributed by atoms with E-state index in [2.05, 4.69) is 169 Å². The summed E-state index contributed by atoms with van der Waals surface area (Å²) in [6.07, 6.45) is 8.70. The minimum atomic E-state index is 0.902. The number of fused-ring (bicyclic) bond motifs is 5. The van der Waals surface area contributed by atoms with Crippen molar-refractivity contribution < 1.29 is 4.42 Å². The SMILES string of the molecule is C/C(=C\C=C(/C)N(c1ccc(-c2ccc3c(c2)oc2ccccc23)cc1)c1ccc(-c2nc3ccccc3s2)cc1)c1cc2ccccn2c1. The average Bonchev–Trinajstić information content (AvgIpc) is 3.89. The van der Waals surface area contributed by atoms with Crippen molar-refractivity contribution in [1.29, 1.82) is 0 Å². The fraction of sp³-hybridized carbons (Fsp3) is 0.0444. The van der Waals surface area contributed by atoms with Crippen LogP contribution in [0.15, 0.2) is 174 Å². The zero-order valence-corrected chi connectivity index (χ0v) is 28.6. The van der Waals surface area contributed by atoms with Crippen molar-refractivity contribution in [2.45, 2.75) is 13.8 Å². The van der Waals surface area contributed by atoms with Crippen LogP contribution in [0.2, 0.25) is 0 Å². The zero-order chi connectivity index (χ0) is 33.6. The Kier molecular flexibility index (Phi) is 7.41. The molecule has 0 N–H and O–H groups in total. The Morgan fingerprint density at radius 3 is 2.16 bits per heavy atom. The molecular weight excluding hydrogens is 631 g/mol. The van der Waals surface area contributed by atoms with Gasteiger partial charge in [-0.15, -0.1) is 11.3 Å². The number of hydrogen-bond donors (Lipinski definition) is 0. The average molecular weight is 664 g/mol. The summed E-state index contributed by atoms with van der Waals surface area (Å²) in [5.74, 6) is 0. The Hall–Kier alpha value is -6.17. The van der Waals surface area contributed by atoms with E-state index in [1.807, 2.05) is 18.2 Å². The third-order valence-corrected chi connectivity index (χ3v) is 10.5. The molecule has 0 aliphatic heterocycles. The topological polar surface area (TPSA) is 33.7 Å². The minimum absolute atomic E-state index is 0.902. The lowest BCUT2D eigenvalue weighted by molar-refractivity contribution is 0.669. The predicted molar refractivity (Wildman–Crippen MR) is 211 cm³/mol. The zero-order valence-electron chi connectivity index (χ0n) is 27.7. The van der Waals surface area contributed by atoms with Crippen molar-refractivity contribution in [3.8, 4) is 21.7 Å². The van der Waals surface area contributed by atoms with Crippen molar-refractivity contribution in [3.05, 3.63) is 175 Å². The quantitative estimate of drug-likeness (QED) is 0.159. The van der Waals surface area contributed by atoms with Gasteiger partial charge in [0.1, 0.15) is 16.2 Å². The van der Waals surface area contributed by atoms with Gasteiger partial charge in [-0.3, -0.25) is 0 Å². The van der Waals surface area contributed by atoms with Crippen LogP contribution in [0, 0.1) is 0 Å². The van der Waals surface area contributed by atoms with E-state index in [0.717, 1.165) is 66.2 Å². The second-order valence-corrected chi connectivity index (χ2v) is 13.7. The predicted octanol–water partition coefficient (Wildman–Crippen LogP) is 12.9. The first-order valence-electron chi connectivity index (χ1n) is 16.8. The van der Waals surface area contributed by atoms with E-state index in [4.69, 9.17) is 9.40 Å². The maximum atomic E-state index is 6.19. The van der Waals surface area contributed by atoms with Crippen molar-refractivity contribution in [2.75, 3.05) is 4.90 Å². The summed E-state index contributed by atoms with van der Waals surface area (Å²) < 4.78 is 9.56. The van der Waals surface area contributed by atoms with Gasteiger partial charge in [-0.25, -0.2) is 4.98 Å². The molecule has 240 valence electrons. The highest BCUT2D eigenvalue weighted by Gasteiger charge is 2.15. The van der Waals surface area contributed by atoms with Crippen LogP contribution in [-0.2, 0) is 0 Å². The lowest BCUT2D eigenvalue weighted by Crippen LogP contribution is -2.14. The van der Waals surface area contributed by atoms with Gasteiger partial charge >= 0.3 is 0 Å². The standard InChI is InChI=1S/C45H33N3OS/c1-30(35-27-38-9-7-8-26-47(38)29-35)14-15-31(2)48(37-23-18-33(19-24-37)45-46-41-11-4-6-13-44(41)50-45)36-21-16-32(17-22-36)34-20-25-40-39-10-3-5-12-42(39)49-43(40)28-34/h3-29H,1-2H3/b30-14+,31-15+. The Morgan fingerprint density at radius 1 is 0.660 bits per heavy atom. The molecule has 0 radical (unpaired) electrons. The maximum absolute atomic E-state index is 6.19. The van der Waals surface area contributed by atoms with Crippen LogP contribution in [0.4, 0.5) is 11.4 Å². The number of para-hydroxylation sites is 2. The third-order valence-electron chi connectivity index (χ3n) is 9.39. The van der Waals surface area contributed by atoms with Crippen LogP contribution in [0.5, 0.6) is 0 Å². The van der Waals surface area contributed by atoms with E-state index in [0.29, 0.717) is 0 Å². The van der Waals surface area contributed by atoms with E-state index in [1.165, 1.54) is 21.4 Å². The molecule has 0 amide bonds. The number of aromatic nitrogens is 2. The second kappa shape index (κ2) is 12.4. The van der Waals surface area contributed by atoms with Crippen LogP contribution in [0.3, 0.4) is 0 Å². The number of nitrogens with zero attached hydrogens (tertiary/aromatic N) is 3. The molecule has 4 heterocycles. The molecule has 0 bridgehead atoms. The molecule has 0 aliphatic carbocycles. The van der Waals surface area contributed by atoms with Crippen LogP contribution < -0.4 is 4.90 Å². The molecule has 0 saturated carbocycles. The monoisotopic (exact) mass is 663 g/mol. The summed E-state index contributed by atoms with van der Waals surface area (Å²) in [4.78, 5) is 7.20. The number of rotatable bonds is 7. The molecule has 0 saturated heterocycles. The third kappa shape index (κ3) is 5.48. The number of allylic oxidation sites excluding steroid dienone is 4. The van der Waals surface area contributed by atoms with Crippen LogP contribution >= 0.6 is 11.3 Å². The van der Waals surface area contributed by atoms with E-state index in [1.54, 1.807) is 11.3 Å². The van der Waals surface area contributed by atoms with Crippen molar-refractivity contribution >= 4 is 66.0 Å². The molecule has 9 aromatic rings. The molecular formula is C45H33N3OS. The van der Waals surface area contributed by atoms with Gasteiger partial charge in [-0.1, -0.05) is 60.7 Å². The molecule has 4 nitrogen and oxygen atoms in total. The number of hydrogen-bond acceptors (Lipinski definition) is 4. The first kappa shape index (κ1) is 29.9. The fourth-order valence-corrected chi connectivity index (χ4v) is 7.67. The van der Waals surface area contributed by atoms with Gasteiger partial charge in [0.15, 0.2) is 0 Å². The first-order chi connectivity index (χ1) is 24.6. The second-order valence-electron chi connectivity index (χ2n) is 12.6. The van der Waals surface area contributed by atoms with Gasteiger partial charge < -0.3 is 13.7 Å². The lowest BCUT2D eigenvalue weighted by Gasteiger charge is -2.26. The molecule has 9 rings (SSSR count). The normalized spacial score (nSPS) is 12.4. The number of benzene rings is 5. The van der Waals surface area contributed by atoms with Crippen LogP contribution in [0.1, 0.15) is 19.4 Å². The lowest BCUT2D eigenvalue weighted by atomic mass is 10.0. The Labute approximate surface area is 294 Å². The molecule has 0 atom stereocenters. The van der Waals surface area contributed by atoms with Gasteiger partial charge in [0, 0.05) is 51.3 Å². The highest BCUT2D eigenvalue weighted by Crippen LogP contribution is 2.37. The molecule has 5 heteroatoms. The van der Waals surface area contributed by atoms with Crippen LogP contribution in [-0.4, -0.2) is 9.38 Å². The summed E-state index contributed by atoms with van der Waals surface area (Å²) in [6, 6.07) is 49.1. The first-order valence-corrected chi connectivity index (χ1v) is 17.6. The molecule has 5 aromatic carbocycles. The summed E-state index contributed by atoms with van der Waals surface area (Å²) in [7, 11) is 0. The van der Waals surface area contributed by atoms with Gasteiger partial charge in [0.25, 0.3) is 0 Å². The number of furan rings is 1. The molecule has 0 unspecified atom stereocenters. The van der Waals surface area contributed by atoms with Gasteiger partial charge in [0.2, 0.25) is 0 Å². The Balaban J connectivity index is 1.07. The van der Waals surface area contributed by atoms with Crippen molar-refractivity contribution in [1.82, 2.24) is 9.38 Å². The maximum Gasteiger partial charge on any atom is 0.136 e. The van der Waals surface area contributed by atoms with Crippen LogP contribution in [0.25, 0.3) is 64.9 Å². The molecule has 4 aromatic heterocycles. The van der Waals surface area contributed by atoms with Gasteiger partial charge in [-0.05, 0) is 127 Å². The summed E-state index contributed by atoms with van der Waals surface area (Å²) in [5.41, 5.74) is 13.1. The van der Waals surface area contributed by atoms with E-state index < -0.39 is 0 Å². The highest BCUT2D eigenvalue weighted by atomic mass is 32.1. The number of pyridine rings is 1. The van der Waals surface area contributed by atoms with Crippen molar-refractivity contribution in [2.24, 2.45) is 0 Å². The molecule has 0 spiro atoms. The van der Waals surface area contributed by atoms with Gasteiger partial charge in [0.05, 0.1) is 10.2 Å². The number of thiazole rings is 1. The summed E-state index contributed by atoms with van der Waals surface area (Å²) in [5, 5.41) is 3.31. The fourth-order valence-electron chi connectivity index (χ4n) is 6.70. The summed E-state index contributed by atoms with van der Waals surface area (Å²) in [6.45, 7) is 4.34. The molecule has 50 heavy (non-hydrogen) atoms. The summed E-state index contributed by atoms with van der Waals surface area (Å²) >= 11 is 1.73. The van der Waals surface area contributed by atoms with E-state index in [-0.39, 0.29) is 0 Å². The largest absolute Gasteiger partial charge is 0.456 e. The minimum Gasteiger partial charge on any atom is -0.456 e. The Morgan fingerprint density at radius 2 is 1.36 bits per heavy atom. The number of anilines is 2. The smallest absolute Gasteiger partial charge is 0.136 e. The molecule has 0 aliphatic rings. The molecule has 0 fully saturated rings. The van der Waals surface area contributed by atoms with E-state index >= 15 is 0 Å². The van der Waals surface area contributed by atoms with E-state index in [9.17, 15) is 0 Å².